The van der Waals surface area contributed by atoms with Gasteiger partial charge in [0.1, 0.15) is 23.3 Å². The molecule has 37 heavy (non-hydrogen) atoms. The Morgan fingerprint density at radius 1 is 0.865 bits per heavy atom. The number of ether oxygens (including phenoxy) is 1. The number of para-hydroxylation sites is 1. The molecule has 1 fully saturated rings. The van der Waals surface area contributed by atoms with E-state index in [4.69, 9.17) is 4.74 Å². The highest BCUT2D eigenvalue weighted by atomic mass is 16.5. The van der Waals surface area contributed by atoms with Crippen LogP contribution in [0.2, 0.25) is 0 Å². The summed E-state index contributed by atoms with van der Waals surface area (Å²) < 4.78 is 5.87. The minimum absolute atomic E-state index is 0.267. The Kier molecular flexibility index (Phi) is 7.02. The second-order valence-corrected chi connectivity index (χ2v) is 9.18. The second-order valence-electron chi connectivity index (χ2n) is 9.18. The molecule has 2 amide bonds. The Morgan fingerprint density at radius 2 is 1.54 bits per heavy atom. The van der Waals surface area contributed by atoms with Gasteiger partial charge in [-0.3, -0.25) is 19.4 Å². The summed E-state index contributed by atoms with van der Waals surface area (Å²) in [5.41, 5.74) is 2.43. The van der Waals surface area contributed by atoms with Crippen molar-refractivity contribution in [1.82, 2.24) is 9.80 Å². The number of anilines is 1. The van der Waals surface area contributed by atoms with Crippen LogP contribution >= 0.6 is 0 Å². The van der Waals surface area contributed by atoms with Gasteiger partial charge < -0.3 is 10.1 Å². The van der Waals surface area contributed by atoms with Crippen LogP contribution in [0, 0.1) is 11.3 Å². The third-order valence-corrected chi connectivity index (χ3v) is 6.83. The summed E-state index contributed by atoms with van der Waals surface area (Å²) in [5.74, 6) is 0.411. The van der Waals surface area contributed by atoms with Crippen molar-refractivity contribution >= 4 is 23.1 Å². The van der Waals surface area contributed by atoms with E-state index in [1.807, 2.05) is 43.3 Å². The number of nitriles is 1. The number of nitrogens with zero attached hydrogens (tertiary/aromatic N) is 3. The fraction of sp³-hybridized carbons (Fsp3) is 0.233. The van der Waals surface area contributed by atoms with Gasteiger partial charge in [-0.1, -0.05) is 48.9 Å². The topological polar surface area (TPSA) is 85.7 Å². The molecule has 0 radical (unpaired) electrons. The molecule has 0 saturated carbocycles. The molecule has 1 unspecified atom stereocenters. The summed E-state index contributed by atoms with van der Waals surface area (Å²) in [4.78, 5) is 30.9. The SMILES string of the molecule is CC(N1CCCCC1)N1C(=O)C(Nc2ccc(Oc3ccccc3C#N)cc2)=C(c2ccccc2)C1=O. The zero-order valence-electron chi connectivity index (χ0n) is 20.7. The Hall–Kier alpha value is -4.41. The summed E-state index contributed by atoms with van der Waals surface area (Å²) in [6.07, 6.45) is 2.98. The van der Waals surface area contributed by atoms with E-state index in [0.717, 1.165) is 25.9 Å². The van der Waals surface area contributed by atoms with Crippen molar-refractivity contribution < 1.29 is 14.3 Å². The second kappa shape index (κ2) is 10.7. The van der Waals surface area contributed by atoms with Crippen molar-refractivity contribution in [2.45, 2.75) is 32.4 Å². The number of benzene rings is 3. The van der Waals surface area contributed by atoms with E-state index in [0.29, 0.717) is 33.9 Å². The summed E-state index contributed by atoms with van der Waals surface area (Å²) in [5, 5.41) is 12.5. The van der Waals surface area contributed by atoms with Crippen LogP contribution in [0.5, 0.6) is 11.5 Å². The van der Waals surface area contributed by atoms with Gasteiger partial charge in [-0.2, -0.15) is 5.26 Å². The molecule has 0 aromatic heterocycles. The van der Waals surface area contributed by atoms with Crippen LogP contribution in [-0.2, 0) is 9.59 Å². The smallest absolute Gasteiger partial charge is 0.279 e. The number of amides is 2. The fourth-order valence-electron chi connectivity index (χ4n) is 4.86. The highest BCUT2D eigenvalue weighted by Crippen LogP contribution is 2.33. The standard InChI is InChI=1S/C30H28N4O3/c1-21(33-18-8-3-9-19-33)34-29(35)27(22-10-4-2-5-11-22)28(30(34)36)32-24-14-16-25(17-15-24)37-26-13-7-6-12-23(26)20-31/h2,4-7,10-17,21,32H,3,8-9,18-19H2,1H3. The number of hydrogen-bond acceptors (Lipinski definition) is 6. The van der Waals surface area contributed by atoms with Crippen molar-refractivity contribution in [3.8, 4) is 17.6 Å². The van der Waals surface area contributed by atoms with Crippen molar-refractivity contribution in [3.05, 3.63) is 95.7 Å². The monoisotopic (exact) mass is 492 g/mol. The minimum Gasteiger partial charge on any atom is -0.456 e. The lowest BCUT2D eigenvalue weighted by Gasteiger charge is -2.36. The highest BCUT2D eigenvalue weighted by molar-refractivity contribution is 6.36. The van der Waals surface area contributed by atoms with Crippen LogP contribution in [0.15, 0.2) is 84.6 Å². The number of hydrogen-bond donors (Lipinski definition) is 1. The van der Waals surface area contributed by atoms with Gasteiger partial charge in [0.2, 0.25) is 0 Å². The van der Waals surface area contributed by atoms with Crippen LogP contribution in [0.1, 0.15) is 37.3 Å². The van der Waals surface area contributed by atoms with Gasteiger partial charge in [-0.25, -0.2) is 0 Å². The van der Waals surface area contributed by atoms with Crippen LogP contribution in [0.25, 0.3) is 5.57 Å². The molecule has 5 rings (SSSR count). The molecule has 7 heteroatoms. The molecule has 2 heterocycles. The van der Waals surface area contributed by atoms with E-state index in [9.17, 15) is 14.9 Å². The molecule has 2 aliphatic rings. The number of imide groups is 1. The molecule has 3 aromatic rings. The van der Waals surface area contributed by atoms with Gasteiger partial charge in [0.25, 0.3) is 11.8 Å². The van der Waals surface area contributed by atoms with Gasteiger partial charge in [-0.15, -0.1) is 0 Å². The number of carbonyl (C=O) groups is 2. The average Bonchev–Trinajstić information content (AvgIpc) is 3.19. The van der Waals surface area contributed by atoms with Crippen LogP contribution in [0.3, 0.4) is 0 Å². The van der Waals surface area contributed by atoms with Crippen molar-refractivity contribution in [1.29, 1.82) is 5.26 Å². The van der Waals surface area contributed by atoms with Crippen molar-refractivity contribution in [3.63, 3.8) is 0 Å². The van der Waals surface area contributed by atoms with Gasteiger partial charge in [0, 0.05) is 18.8 Å². The fourth-order valence-corrected chi connectivity index (χ4v) is 4.86. The normalized spacial score (nSPS) is 17.0. The largest absolute Gasteiger partial charge is 0.456 e. The van der Waals surface area contributed by atoms with E-state index >= 15 is 0 Å². The quantitative estimate of drug-likeness (QED) is 0.446. The average molecular weight is 493 g/mol. The van der Waals surface area contributed by atoms with E-state index < -0.39 is 0 Å². The first-order valence-electron chi connectivity index (χ1n) is 12.5. The first-order valence-corrected chi connectivity index (χ1v) is 12.5. The third kappa shape index (κ3) is 4.97. The molecule has 0 spiro atoms. The third-order valence-electron chi connectivity index (χ3n) is 6.83. The van der Waals surface area contributed by atoms with Gasteiger partial charge >= 0.3 is 0 Å². The van der Waals surface area contributed by atoms with Crippen molar-refractivity contribution in [2.75, 3.05) is 18.4 Å². The van der Waals surface area contributed by atoms with Gasteiger partial charge in [-0.05, 0) is 61.7 Å². The van der Waals surface area contributed by atoms with E-state index in [2.05, 4.69) is 16.3 Å². The van der Waals surface area contributed by atoms with Gasteiger partial charge in [0.15, 0.2) is 0 Å². The number of likely N-dealkylation sites (tertiary alicyclic amines) is 1. The Labute approximate surface area is 216 Å². The Morgan fingerprint density at radius 3 is 2.24 bits per heavy atom. The molecule has 1 N–H and O–H groups in total. The van der Waals surface area contributed by atoms with Crippen LogP contribution in [-0.4, -0.2) is 40.9 Å². The Bertz CT molecular complexity index is 1370. The molecule has 0 bridgehead atoms. The maximum atomic E-state index is 13.7. The molecule has 1 atom stereocenters. The number of piperidine rings is 1. The summed E-state index contributed by atoms with van der Waals surface area (Å²) >= 11 is 0. The van der Waals surface area contributed by atoms with E-state index in [1.54, 1.807) is 42.5 Å². The summed E-state index contributed by atoms with van der Waals surface area (Å²) in [6, 6.07) is 25.5. The van der Waals surface area contributed by atoms with Gasteiger partial charge in [0.05, 0.1) is 17.3 Å². The number of rotatable bonds is 7. The molecule has 7 nitrogen and oxygen atoms in total. The maximum Gasteiger partial charge on any atom is 0.279 e. The minimum atomic E-state index is -0.329. The summed E-state index contributed by atoms with van der Waals surface area (Å²) in [6.45, 7) is 3.67. The molecule has 1 saturated heterocycles. The first kappa shape index (κ1) is 24.3. The molecular formula is C30H28N4O3. The predicted molar refractivity (Wildman–Crippen MR) is 141 cm³/mol. The lowest BCUT2D eigenvalue weighted by molar-refractivity contribution is -0.143. The van der Waals surface area contributed by atoms with Crippen molar-refractivity contribution in [2.24, 2.45) is 0 Å². The molecule has 0 aliphatic carbocycles. The molecule has 186 valence electrons. The first-order chi connectivity index (χ1) is 18.1. The maximum absolute atomic E-state index is 13.7. The zero-order valence-corrected chi connectivity index (χ0v) is 20.7. The van der Waals surface area contributed by atoms with E-state index in [-0.39, 0.29) is 23.7 Å². The lowest BCUT2D eigenvalue weighted by Crippen LogP contribution is -2.51. The molecule has 3 aromatic carbocycles. The highest BCUT2D eigenvalue weighted by Gasteiger charge is 2.43. The van der Waals surface area contributed by atoms with Crippen LogP contribution < -0.4 is 10.1 Å². The Balaban J connectivity index is 1.42. The van der Waals surface area contributed by atoms with Crippen LogP contribution in [0.4, 0.5) is 5.69 Å². The number of nitrogens with one attached hydrogen (secondary N) is 1. The number of carbonyl (C=O) groups excluding carboxylic acids is 2. The zero-order chi connectivity index (χ0) is 25.8. The molecule has 2 aliphatic heterocycles. The summed E-state index contributed by atoms with van der Waals surface area (Å²) in [7, 11) is 0. The molecular weight excluding hydrogens is 464 g/mol. The van der Waals surface area contributed by atoms with E-state index in [1.165, 1.54) is 11.3 Å². The predicted octanol–water partition coefficient (Wildman–Crippen LogP) is 5.37. The lowest BCUT2D eigenvalue weighted by atomic mass is 10.0.